The maximum absolute atomic E-state index is 12.7. The number of morpholine rings is 1. The first-order chi connectivity index (χ1) is 9.09. The Bertz CT molecular complexity index is 698. The molecule has 1 fully saturated rings. The number of rotatable bonds is 2. The predicted molar refractivity (Wildman–Crippen MR) is 71.6 cm³/mol. The molecule has 1 aliphatic rings. The molecule has 0 amide bonds. The van der Waals surface area contributed by atoms with Crippen LogP contribution in [0.1, 0.15) is 6.92 Å². The van der Waals surface area contributed by atoms with Crippen LogP contribution in [0, 0.1) is 0 Å². The van der Waals surface area contributed by atoms with Crippen LogP contribution in [0.5, 0.6) is 0 Å². The number of benzene rings is 1. The van der Waals surface area contributed by atoms with Crippen molar-refractivity contribution in [3.63, 3.8) is 0 Å². The molecular formula is C11H13N3O3S2. The first kappa shape index (κ1) is 12.9. The van der Waals surface area contributed by atoms with Gasteiger partial charge < -0.3 is 4.74 Å². The van der Waals surface area contributed by atoms with Gasteiger partial charge in [-0.05, 0) is 19.1 Å². The van der Waals surface area contributed by atoms with E-state index >= 15 is 0 Å². The van der Waals surface area contributed by atoms with Crippen LogP contribution < -0.4 is 0 Å². The molecule has 0 radical (unpaired) electrons. The van der Waals surface area contributed by atoms with Gasteiger partial charge >= 0.3 is 0 Å². The Kier molecular flexibility index (Phi) is 3.25. The molecule has 6 nitrogen and oxygen atoms in total. The molecule has 1 aromatic carbocycles. The fourth-order valence-electron chi connectivity index (χ4n) is 2.13. The van der Waals surface area contributed by atoms with E-state index in [4.69, 9.17) is 4.74 Å². The molecule has 2 aromatic rings. The van der Waals surface area contributed by atoms with Crippen LogP contribution in [-0.2, 0) is 14.8 Å². The molecule has 8 heteroatoms. The van der Waals surface area contributed by atoms with Gasteiger partial charge in [-0.2, -0.15) is 13.1 Å². The zero-order chi connectivity index (χ0) is 13.5. The molecule has 1 unspecified atom stereocenters. The normalized spacial score (nSPS) is 21.8. The van der Waals surface area contributed by atoms with Crippen molar-refractivity contribution in [1.82, 2.24) is 13.1 Å². The van der Waals surface area contributed by atoms with Crippen LogP contribution in [0.3, 0.4) is 0 Å². The van der Waals surface area contributed by atoms with Crippen LogP contribution in [0.4, 0.5) is 0 Å². The molecule has 0 saturated carbocycles. The summed E-state index contributed by atoms with van der Waals surface area (Å²) in [7, 11) is -3.53. The van der Waals surface area contributed by atoms with Gasteiger partial charge in [0.2, 0.25) is 10.0 Å². The van der Waals surface area contributed by atoms with Gasteiger partial charge in [0.1, 0.15) is 15.9 Å². The Labute approximate surface area is 115 Å². The first-order valence-electron chi connectivity index (χ1n) is 5.92. The summed E-state index contributed by atoms with van der Waals surface area (Å²) in [5, 5.41) is 0. The van der Waals surface area contributed by atoms with Gasteiger partial charge in [0.25, 0.3) is 0 Å². The number of ether oxygens (including phenoxy) is 1. The van der Waals surface area contributed by atoms with Gasteiger partial charge in [-0.1, -0.05) is 6.07 Å². The van der Waals surface area contributed by atoms with Crippen molar-refractivity contribution in [2.24, 2.45) is 0 Å². The molecule has 1 saturated heterocycles. The van der Waals surface area contributed by atoms with Crippen molar-refractivity contribution in [2.45, 2.75) is 17.9 Å². The Hall–Kier alpha value is -1.09. The number of fused-ring (bicyclic) bond motifs is 1. The van der Waals surface area contributed by atoms with Gasteiger partial charge in [-0.3, -0.25) is 0 Å². The highest BCUT2D eigenvalue weighted by Gasteiger charge is 2.31. The van der Waals surface area contributed by atoms with Crippen LogP contribution in [0.2, 0.25) is 0 Å². The van der Waals surface area contributed by atoms with Crippen molar-refractivity contribution >= 4 is 32.8 Å². The van der Waals surface area contributed by atoms with E-state index in [1.165, 1.54) is 4.31 Å². The number of aromatic nitrogens is 2. The van der Waals surface area contributed by atoms with Crippen LogP contribution >= 0.6 is 11.7 Å². The topological polar surface area (TPSA) is 72.4 Å². The Morgan fingerprint density at radius 1 is 1.42 bits per heavy atom. The minimum Gasteiger partial charge on any atom is -0.376 e. The highest BCUT2D eigenvalue weighted by Crippen LogP contribution is 2.25. The van der Waals surface area contributed by atoms with Crippen LogP contribution in [0.15, 0.2) is 23.1 Å². The fourth-order valence-corrected chi connectivity index (χ4v) is 4.39. The molecule has 0 aliphatic carbocycles. The molecule has 0 bridgehead atoms. The zero-order valence-corrected chi connectivity index (χ0v) is 11.9. The molecule has 1 atom stereocenters. The summed E-state index contributed by atoms with van der Waals surface area (Å²) >= 11 is 1.02. The molecule has 102 valence electrons. The van der Waals surface area contributed by atoms with Crippen molar-refractivity contribution in [1.29, 1.82) is 0 Å². The summed E-state index contributed by atoms with van der Waals surface area (Å²) in [6, 6.07) is 5.04. The smallest absolute Gasteiger partial charge is 0.245 e. The third kappa shape index (κ3) is 2.25. The summed E-state index contributed by atoms with van der Waals surface area (Å²) in [5.74, 6) is 0. The maximum atomic E-state index is 12.7. The highest BCUT2D eigenvalue weighted by molar-refractivity contribution is 7.89. The fraction of sp³-hybridized carbons (Fsp3) is 0.455. The SMILES string of the molecule is CC1CN(S(=O)(=O)c2cccc3nsnc23)CCO1. The summed E-state index contributed by atoms with van der Waals surface area (Å²) in [5.41, 5.74) is 1.07. The van der Waals surface area contributed by atoms with E-state index in [1.807, 2.05) is 6.92 Å². The van der Waals surface area contributed by atoms with Gasteiger partial charge in [-0.25, -0.2) is 8.42 Å². The lowest BCUT2D eigenvalue weighted by Crippen LogP contribution is -2.44. The molecule has 2 heterocycles. The zero-order valence-electron chi connectivity index (χ0n) is 10.3. The summed E-state index contributed by atoms with van der Waals surface area (Å²) in [6.45, 7) is 3.04. The summed E-state index contributed by atoms with van der Waals surface area (Å²) < 4.78 is 40.3. The van der Waals surface area contributed by atoms with E-state index in [0.717, 1.165) is 11.7 Å². The third-order valence-electron chi connectivity index (χ3n) is 3.07. The van der Waals surface area contributed by atoms with Crippen LogP contribution in [-0.4, -0.2) is 47.3 Å². The number of hydrogen-bond acceptors (Lipinski definition) is 6. The molecule has 3 rings (SSSR count). The number of nitrogens with zero attached hydrogens (tertiary/aromatic N) is 3. The lowest BCUT2D eigenvalue weighted by atomic mass is 10.3. The first-order valence-corrected chi connectivity index (χ1v) is 8.09. The maximum Gasteiger partial charge on any atom is 0.245 e. The van der Waals surface area contributed by atoms with Crippen molar-refractivity contribution in [3.8, 4) is 0 Å². The molecule has 19 heavy (non-hydrogen) atoms. The highest BCUT2D eigenvalue weighted by atomic mass is 32.2. The molecule has 1 aromatic heterocycles. The van der Waals surface area contributed by atoms with Gasteiger partial charge in [0.15, 0.2) is 0 Å². The monoisotopic (exact) mass is 299 g/mol. The second kappa shape index (κ2) is 4.78. The number of hydrogen-bond donors (Lipinski definition) is 0. The van der Waals surface area contributed by atoms with E-state index in [9.17, 15) is 8.42 Å². The Morgan fingerprint density at radius 3 is 3.05 bits per heavy atom. The lowest BCUT2D eigenvalue weighted by molar-refractivity contribution is 0.0102. The minimum atomic E-state index is -3.53. The van der Waals surface area contributed by atoms with Gasteiger partial charge in [0, 0.05) is 13.1 Å². The Balaban J connectivity index is 2.06. The van der Waals surface area contributed by atoms with Crippen molar-refractivity contribution in [3.05, 3.63) is 18.2 Å². The molecular weight excluding hydrogens is 286 g/mol. The van der Waals surface area contributed by atoms with E-state index in [-0.39, 0.29) is 11.0 Å². The quantitative estimate of drug-likeness (QED) is 0.830. The van der Waals surface area contributed by atoms with Crippen molar-refractivity contribution < 1.29 is 13.2 Å². The lowest BCUT2D eigenvalue weighted by Gasteiger charge is -2.30. The van der Waals surface area contributed by atoms with Crippen molar-refractivity contribution in [2.75, 3.05) is 19.7 Å². The third-order valence-corrected chi connectivity index (χ3v) is 5.51. The summed E-state index contributed by atoms with van der Waals surface area (Å²) in [6.07, 6.45) is -0.0868. The van der Waals surface area contributed by atoms with Gasteiger partial charge in [0.05, 0.1) is 24.4 Å². The average Bonchev–Trinajstić information content (AvgIpc) is 2.86. The van der Waals surface area contributed by atoms with E-state index < -0.39 is 10.0 Å². The number of sulfonamides is 1. The largest absolute Gasteiger partial charge is 0.376 e. The minimum absolute atomic E-state index is 0.0868. The summed E-state index contributed by atoms with van der Waals surface area (Å²) in [4.78, 5) is 0.229. The molecule has 0 N–H and O–H groups in total. The second-order valence-corrected chi connectivity index (χ2v) is 6.87. The van der Waals surface area contributed by atoms with E-state index in [2.05, 4.69) is 8.75 Å². The second-order valence-electron chi connectivity index (χ2n) is 4.43. The van der Waals surface area contributed by atoms with Crippen LogP contribution in [0.25, 0.3) is 11.0 Å². The average molecular weight is 299 g/mol. The Morgan fingerprint density at radius 2 is 2.26 bits per heavy atom. The van der Waals surface area contributed by atoms with Gasteiger partial charge in [-0.15, -0.1) is 0 Å². The standard InChI is InChI=1S/C11H13N3O3S2/c1-8-7-14(5-6-17-8)19(15,16)10-4-2-3-9-11(10)13-18-12-9/h2-4,8H,5-7H2,1H3. The van der Waals surface area contributed by atoms with E-state index in [1.54, 1.807) is 18.2 Å². The van der Waals surface area contributed by atoms with E-state index in [0.29, 0.717) is 30.7 Å². The predicted octanol–water partition coefficient (Wildman–Crippen LogP) is 1.10. The molecule has 0 spiro atoms. The molecule has 1 aliphatic heterocycles.